The molecule has 29 heavy (non-hydrogen) atoms. The molecule has 0 saturated carbocycles. The van der Waals surface area contributed by atoms with Crippen molar-refractivity contribution in [3.8, 4) is 17.2 Å². The van der Waals surface area contributed by atoms with Crippen molar-refractivity contribution in [1.29, 1.82) is 0 Å². The number of oxazole rings is 1. The van der Waals surface area contributed by atoms with Crippen molar-refractivity contribution >= 4 is 11.7 Å². The summed E-state index contributed by atoms with van der Waals surface area (Å²) < 4.78 is 11.0. The van der Waals surface area contributed by atoms with E-state index in [0.29, 0.717) is 28.8 Å². The summed E-state index contributed by atoms with van der Waals surface area (Å²) in [5.41, 5.74) is 3.95. The van der Waals surface area contributed by atoms with E-state index in [0.717, 1.165) is 16.7 Å². The summed E-state index contributed by atoms with van der Waals surface area (Å²) in [6, 6.07) is 15.1. The number of hydrogen-bond donors (Lipinski definition) is 1. The zero-order chi connectivity index (χ0) is 20.8. The van der Waals surface area contributed by atoms with Gasteiger partial charge in [0.15, 0.2) is 13.2 Å². The summed E-state index contributed by atoms with van der Waals surface area (Å²) in [5, 5.41) is 12.9. The maximum Gasteiger partial charge on any atom is 0.341 e. The normalized spacial score (nSPS) is 11.3. The number of ether oxygens (including phenoxy) is 1. The number of aromatic nitrogens is 1. The van der Waals surface area contributed by atoms with Crippen LogP contribution in [0.2, 0.25) is 0 Å². The Labute approximate surface area is 168 Å². The monoisotopic (exact) mass is 394 g/mol. The van der Waals surface area contributed by atoms with Gasteiger partial charge in [-0.05, 0) is 62.2 Å². The lowest BCUT2D eigenvalue weighted by atomic mass is 10.1. The Hall–Kier alpha value is -3.61. The number of nitrogens with zero attached hydrogens (tertiary/aromatic N) is 2. The summed E-state index contributed by atoms with van der Waals surface area (Å²) >= 11 is 0. The van der Waals surface area contributed by atoms with E-state index in [4.69, 9.17) is 19.1 Å². The van der Waals surface area contributed by atoms with Gasteiger partial charge >= 0.3 is 5.97 Å². The zero-order valence-corrected chi connectivity index (χ0v) is 16.5. The van der Waals surface area contributed by atoms with Gasteiger partial charge in [-0.15, -0.1) is 0 Å². The Morgan fingerprint density at radius 3 is 2.62 bits per heavy atom. The third-order valence-electron chi connectivity index (χ3n) is 4.26. The average Bonchev–Trinajstić information content (AvgIpc) is 3.08. The predicted molar refractivity (Wildman–Crippen MR) is 108 cm³/mol. The molecule has 0 saturated heterocycles. The van der Waals surface area contributed by atoms with Crippen LogP contribution >= 0.6 is 0 Å². The minimum atomic E-state index is -1.02. The number of carboxylic acids is 1. The van der Waals surface area contributed by atoms with E-state index in [1.165, 1.54) is 0 Å². The molecule has 7 heteroatoms. The molecule has 0 bridgehead atoms. The second kappa shape index (κ2) is 9.05. The molecular formula is C22H22N2O5. The molecule has 0 fully saturated rings. The Bertz CT molecular complexity index is 1020. The van der Waals surface area contributed by atoms with E-state index in [1.54, 1.807) is 12.1 Å². The van der Waals surface area contributed by atoms with Crippen LogP contribution in [0.3, 0.4) is 0 Å². The van der Waals surface area contributed by atoms with Gasteiger partial charge in [-0.2, -0.15) is 0 Å². The quantitative estimate of drug-likeness (QED) is 0.451. The number of carbonyl (C=O) groups is 1. The van der Waals surface area contributed by atoms with Crippen LogP contribution in [0.4, 0.5) is 0 Å². The van der Waals surface area contributed by atoms with Gasteiger partial charge in [-0.1, -0.05) is 23.4 Å². The summed E-state index contributed by atoms with van der Waals surface area (Å²) in [7, 11) is 0. The van der Waals surface area contributed by atoms with Crippen molar-refractivity contribution in [1.82, 2.24) is 4.98 Å². The van der Waals surface area contributed by atoms with Gasteiger partial charge in [-0.25, -0.2) is 9.78 Å². The molecule has 2 aromatic carbocycles. The molecule has 0 radical (unpaired) electrons. The van der Waals surface area contributed by atoms with Gasteiger partial charge in [-0.3, -0.25) is 0 Å². The van der Waals surface area contributed by atoms with Gasteiger partial charge in [0, 0.05) is 5.56 Å². The molecule has 3 aromatic rings. The SMILES string of the molecule is C/C(=N/OCc1nc(-c2ccccc2)oc1C)c1ccc(OCC(=O)O)c(C)c1. The van der Waals surface area contributed by atoms with E-state index < -0.39 is 5.97 Å². The first-order valence-electron chi connectivity index (χ1n) is 9.08. The van der Waals surface area contributed by atoms with Crippen LogP contribution in [0.25, 0.3) is 11.5 Å². The maximum atomic E-state index is 10.6. The lowest BCUT2D eigenvalue weighted by Gasteiger charge is -2.09. The number of carboxylic acid groups (broad SMARTS) is 1. The van der Waals surface area contributed by atoms with Crippen LogP contribution in [-0.4, -0.2) is 28.4 Å². The van der Waals surface area contributed by atoms with Crippen molar-refractivity contribution in [2.45, 2.75) is 27.4 Å². The predicted octanol–water partition coefficient (Wildman–Crippen LogP) is 4.36. The third-order valence-corrected chi connectivity index (χ3v) is 4.26. The Kier molecular flexibility index (Phi) is 6.29. The molecule has 1 heterocycles. The van der Waals surface area contributed by atoms with Crippen molar-refractivity contribution in [2.24, 2.45) is 5.16 Å². The molecule has 0 aliphatic heterocycles. The molecule has 0 aliphatic rings. The minimum Gasteiger partial charge on any atom is -0.482 e. The zero-order valence-electron chi connectivity index (χ0n) is 16.5. The summed E-state index contributed by atoms with van der Waals surface area (Å²) in [5.74, 6) is 0.747. The Balaban J connectivity index is 1.64. The minimum absolute atomic E-state index is 0.193. The number of aryl methyl sites for hydroxylation is 2. The third kappa shape index (κ3) is 5.22. The van der Waals surface area contributed by atoms with Crippen molar-refractivity contribution in [2.75, 3.05) is 6.61 Å². The van der Waals surface area contributed by atoms with Crippen LogP contribution in [0.15, 0.2) is 58.1 Å². The van der Waals surface area contributed by atoms with E-state index in [1.807, 2.05) is 57.2 Å². The van der Waals surface area contributed by atoms with Crippen LogP contribution in [-0.2, 0) is 16.2 Å². The second-order valence-corrected chi connectivity index (χ2v) is 6.50. The summed E-state index contributed by atoms with van der Waals surface area (Å²) in [6.07, 6.45) is 0. The first-order chi connectivity index (χ1) is 13.9. The maximum absolute atomic E-state index is 10.6. The molecular weight excluding hydrogens is 372 g/mol. The van der Waals surface area contributed by atoms with Gasteiger partial charge < -0.3 is 19.1 Å². The van der Waals surface area contributed by atoms with Gasteiger partial charge in [0.05, 0.1) is 5.71 Å². The van der Waals surface area contributed by atoms with E-state index in [-0.39, 0.29) is 13.2 Å². The van der Waals surface area contributed by atoms with E-state index in [9.17, 15) is 4.79 Å². The van der Waals surface area contributed by atoms with Crippen LogP contribution in [0, 0.1) is 13.8 Å². The Morgan fingerprint density at radius 2 is 1.93 bits per heavy atom. The van der Waals surface area contributed by atoms with Crippen molar-refractivity contribution in [3.05, 3.63) is 71.1 Å². The number of rotatable bonds is 8. The lowest BCUT2D eigenvalue weighted by molar-refractivity contribution is -0.139. The molecule has 0 aliphatic carbocycles. The van der Waals surface area contributed by atoms with Crippen molar-refractivity contribution in [3.63, 3.8) is 0 Å². The smallest absolute Gasteiger partial charge is 0.341 e. The van der Waals surface area contributed by atoms with Gasteiger partial charge in [0.2, 0.25) is 5.89 Å². The van der Waals surface area contributed by atoms with Crippen LogP contribution in [0.1, 0.15) is 29.5 Å². The largest absolute Gasteiger partial charge is 0.482 e. The van der Waals surface area contributed by atoms with E-state index in [2.05, 4.69) is 10.1 Å². The van der Waals surface area contributed by atoms with Crippen LogP contribution in [0.5, 0.6) is 5.75 Å². The molecule has 3 rings (SSSR count). The average molecular weight is 394 g/mol. The highest BCUT2D eigenvalue weighted by Crippen LogP contribution is 2.22. The molecule has 0 atom stereocenters. The standard InChI is InChI=1S/C22H22N2O5/c1-14-11-18(9-10-20(14)27-13-21(25)26)15(2)24-28-12-19-16(3)29-22(23-19)17-7-5-4-6-8-17/h4-11H,12-13H2,1-3H3,(H,25,26)/b24-15-. The summed E-state index contributed by atoms with van der Waals surface area (Å²) in [4.78, 5) is 20.6. The number of aliphatic carboxylic acids is 1. The fraction of sp³-hybridized carbons (Fsp3) is 0.227. The van der Waals surface area contributed by atoms with Gasteiger partial charge in [0.1, 0.15) is 17.2 Å². The Morgan fingerprint density at radius 1 is 1.17 bits per heavy atom. The highest BCUT2D eigenvalue weighted by molar-refractivity contribution is 5.98. The van der Waals surface area contributed by atoms with Crippen molar-refractivity contribution < 1.29 is 23.9 Å². The molecule has 1 aromatic heterocycles. The fourth-order valence-electron chi connectivity index (χ4n) is 2.68. The first kappa shape index (κ1) is 20.1. The second-order valence-electron chi connectivity index (χ2n) is 6.50. The molecule has 0 spiro atoms. The van der Waals surface area contributed by atoms with Crippen LogP contribution < -0.4 is 4.74 Å². The molecule has 1 N–H and O–H groups in total. The highest BCUT2D eigenvalue weighted by atomic mass is 16.6. The summed E-state index contributed by atoms with van der Waals surface area (Å²) in [6.45, 7) is 5.33. The van der Waals surface area contributed by atoms with Gasteiger partial charge in [0.25, 0.3) is 0 Å². The topological polar surface area (TPSA) is 94.2 Å². The number of benzene rings is 2. The number of oxime groups is 1. The molecule has 150 valence electrons. The first-order valence-corrected chi connectivity index (χ1v) is 9.08. The number of hydrogen-bond acceptors (Lipinski definition) is 6. The lowest BCUT2D eigenvalue weighted by Crippen LogP contribution is -2.10. The molecule has 0 amide bonds. The molecule has 7 nitrogen and oxygen atoms in total. The molecule has 0 unspecified atom stereocenters. The highest BCUT2D eigenvalue weighted by Gasteiger charge is 2.12. The fourth-order valence-corrected chi connectivity index (χ4v) is 2.68. The van der Waals surface area contributed by atoms with E-state index >= 15 is 0 Å².